The van der Waals surface area contributed by atoms with Crippen LogP contribution < -0.4 is 5.32 Å². The minimum atomic E-state index is -0.207. The Kier molecular flexibility index (Phi) is 7.46. The standard InChI is InChI=1S/C18H29FN4O/c1-4-20-18(21-13-15(2)23-9-11-24-12-10-23)22(3)14-16-5-7-17(19)8-6-16/h5-8,15H,4,9-14H2,1-3H3,(H,20,21). The van der Waals surface area contributed by atoms with Crippen molar-refractivity contribution < 1.29 is 9.13 Å². The van der Waals surface area contributed by atoms with Crippen LogP contribution >= 0.6 is 0 Å². The molecule has 0 amide bonds. The molecule has 1 aromatic rings. The van der Waals surface area contributed by atoms with E-state index >= 15 is 0 Å². The van der Waals surface area contributed by atoms with Gasteiger partial charge in [-0.05, 0) is 31.5 Å². The van der Waals surface area contributed by atoms with Crippen molar-refractivity contribution in [2.75, 3.05) is 46.4 Å². The largest absolute Gasteiger partial charge is 0.379 e. The maximum absolute atomic E-state index is 13.0. The first kappa shape index (κ1) is 18.7. The number of benzene rings is 1. The van der Waals surface area contributed by atoms with Gasteiger partial charge >= 0.3 is 0 Å². The fourth-order valence-corrected chi connectivity index (χ4v) is 2.76. The van der Waals surface area contributed by atoms with E-state index in [0.29, 0.717) is 12.6 Å². The van der Waals surface area contributed by atoms with Gasteiger partial charge in [-0.15, -0.1) is 0 Å². The summed E-state index contributed by atoms with van der Waals surface area (Å²) < 4.78 is 18.4. The monoisotopic (exact) mass is 336 g/mol. The quantitative estimate of drug-likeness (QED) is 0.637. The second kappa shape index (κ2) is 9.59. The minimum absolute atomic E-state index is 0.207. The first-order valence-electron chi connectivity index (χ1n) is 8.66. The van der Waals surface area contributed by atoms with Crippen LogP contribution in [0.3, 0.4) is 0 Å². The third-order valence-corrected chi connectivity index (χ3v) is 4.20. The number of ether oxygens (including phenoxy) is 1. The van der Waals surface area contributed by atoms with E-state index in [0.717, 1.165) is 50.9 Å². The van der Waals surface area contributed by atoms with Gasteiger partial charge in [-0.2, -0.15) is 0 Å². The van der Waals surface area contributed by atoms with E-state index in [-0.39, 0.29) is 5.82 Å². The number of aliphatic imine (C=N–C) groups is 1. The molecule has 24 heavy (non-hydrogen) atoms. The first-order valence-corrected chi connectivity index (χ1v) is 8.66. The van der Waals surface area contributed by atoms with Crippen LogP contribution in [-0.2, 0) is 11.3 Å². The van der Waals surface area contributed by atoms with Crippen LogP contribution in [0, 0.1) is 5.82 Å². The molecule has 1 aliphatic heterocycles. The number of rotatable bonds is 6. The highest BCUT2D eigenvalue weighted by Crippen LogP contribution is 2.07. The maximum atomic E-state index is 13.0. The molecule has 0 saturated carbocycles. The Morgan fingerprint density at radius 2 is 2.00 bits per heavy atom. The number of halogens is 1. The Morgan fingerprint density at radius 1 is 1.33 bits per heavy atom. The van der Waals surface area contributed by atoms with Gasteiger partial charge in [0.15, 0.2) is 5.96 Å². The van der Waals surface area contributed by atoms with Gasteiger partial charge in [-0.25, -0.2) is 4.39 Å². The molecule has 1 unspecified atom stereocenters. The zero-order chi connectivity index (χ0) is 17.4. The fourth-order valence-electron chi connectivity index (χ4n) is 2.76. The molecule has 1 heterocycles. The average Bonchev–Trinajstić information content (AvgIpc) is 2.61. The van der Waals surface area contributed by atoms with E-state index < -0.39 is 0 Å². The van der Waals surface area contributed by atoms with Crippen molar-refractivity contribution in [3.05, 3.63) is 35.6 Å². The van der Waals surface area contributed by atoms with Crippen LogP contribution in [0.5, 0.6) is 0 Å². The van der Waals surface area contributed by atoms with Crippen molar-refractivity contribution in [2.45, 2.75) is 26.4 Å². The molecule has 134 valence electrons. The second-order valence-electron chi connectivity index (χ2n) is 6.17. The van der Waals surface area contributed by atoms with Gasteiger partial charge in [0.2, 0.25) is 0 Å². The normalized spacial score (nSPS) is 17.6. The van der Waals surface area contributed by atoms with E-state index in [4.69, 9.17) is 9.73 Å². The third-order valence-electron chi connectivity index (χ3n) is 4.20. The predicted molar refractivity (Wildman–Crippen MR) is 95.7 cm³/mol. The summed E-state index contributed by atoms with van der Waals surface area (Å²) in [6, 6.07) is 7.00. The maximum Gasteiger partial charge on any atom is 0.194 e. The summed E-state index contributed by atoms with van der Waals surface area (Å²) in [5.41, 5.74) is 1.06. The summed E-state index contributed by atoms with van der Waals surface area (Å²) in [6.07, 6.45) is 0. The zero-order valence-electron chi connectivity index (χ0n) is 15.0. The molecule has 0 radical (unpaired) electrons. The highest BCUT2D eigenvalue weighted by molar-refractivity contribution is 5.79. The molecule has 0 bridgehead atoms. The topological polar surface area (TPSA) is 40.1 Å². The number of hydrogen-bond acceptors (Lipinski definition) is 3. The van der Waals surface area contributed by atoms with Crippen LogP contribution in [0.15, 0.2) is 29.3 Å². The molecular weight excluding hydrogens is 307 g/mol. The van der Waals surface area contributed by atoms with Gasteiger partial charge in [0, 0.05) is 39.3 Å². The number of hydrogen-bond donors (Lipinski definition) is 1. The van der Waals surface area contributed by atoms with Gasteiger partial charge in [0.05, 0.1) is 19.8 Å². The zero-order valence-corrected chi connectivity index (χ0v) is 15.0. The summed E-state index contributed by atoms with van der Waals surface area (Å²) in [5.74, 6) is 0.670. The SMILES string of the molecule is CCNC(=NCC(C)N1CCOCC1)N(C)Cc1ccc(F)cc1. The Bertz CT molecular complexity index is 514. The lowest BCUT2D eigenvalue weighted by atomic mass is 10.2. The van der Waals surface area contributed by atoms with Crippen molar-refractivity contribution in [1.29, 1.82) is 0 Å². The van der Waals surface area contributed by atoms with E-state index in [2.05, 4.69) is 29.0 Å². The first-order chi connectivity index (χ1) is 11.6. The third kappa shape index (κ3) is 5.76. The van der Waals surface area contributed by atoms with Gasteiger partial charge in [0.25, 0.3) is 0 Å². The van der Waals surface area contributed by atoms with E-state index in [1.165, 1.54) is 12.1 Å². The van der Waals surface area contributed by atoms with Crippen molar-refractivity contribution >= 4 is 5.96 Å². The molecule has 0 aromatic heterocycles. The average molecular weight is 336 g/mol. The van der Waals surface area contributed by atoms with Gasteiger partial charge in [0.1, 0.15) is 5.82 Å². The van der Waals surface area contributed by atoms with Crippen molar-refractivity contribution in [3.8, 4) is 0 Å². The molecular formula is C18H29FN4O. The second-order valence-corrected chi connectivity index (χ2v) is 6.17. The summed E-state index contributed by atoms with van der Waals surface area (Å²) in [4.78, 5) is 9.26. The molecule has 1 fully saturated rings. The lowest BCUT2D eigenvalue weighted by Gasteiger charge is -2.32. The molecule has 2 rings (SSSR count). The summed E-state index contributed by atoms with van der Waals surface area (Å²) >= 11 is 0. The predicted octanol–water partition coefficient (Wildman–Crippen LogP) is 1.94. The highest BCUT2D eigenvalue weighted by atomic mass is 19.1. The molecule has 5 nitrogen and oxygen atoms in total. The molecule has 1 aromatic carbocycles. The number of guanidine groups is 1. The number of morpholine rings is 1. The Labute approximate surface area is 144 Å². The fraction of sp³-hybridized carbons (Fsp3) is 0.611. The lowest BCUT2D eigenvalue weighted by molar-refractivity contribution is 0.0220. The van der Waals surface area contributed by atoms with E-state index in [1.807, 2.05) is 19.2 Å². The Balaban J connectivity index is 1.94. The molecule has 1 aliphatic rings. The Hall–Kier alpha value is -1.66. The molecule has 6 heteroatoms. The highest BCUT2D eigenvalue weighted by Gasteiger charge is 2.17. The lowest BCUT2D eigenvalue weighted by Crippen LogP contribution is -2.44. The van der Waals surface area contributed by atoms with Gasteiger partial charge in [-0.3, -0.25) is 9.89 Å². The molecule has 1 atom stereocenters. The van der Waals surface area contributed by atoms with E-state index in [9.17, 15) is 4.39 Å². The summed E-state index contributed by atoms with van der Waals surface area (Å²) in [7, 11) is 2.00. The summed E-state index contributed by atoms with van der Waals surface area (Å²) in [6.45, 7) is 10.1. The molecule has 0 aliphatic carbocycles. The van der Waals surface area contributed by atoms with Crippen molar-refractivity contribution in [1.82, 2.24) is 15.1 Å². The van der Waals surface area contributed by atoms with Crippen molar-refractivity contribution in [2.24, 2.45) is 4.99 Å². The van der Waals surface area contributed by atoms with Crippen LogP contribution in [-0.4, -0.2) is 68.2 Å². The molecule has 1 N–H and O–H groups in total. The summed E-state index contributed by atoms with van der Waals surface area (Å²) in [5, 5.41) is 3.33. The van der Waals surface area contributed by atoms with E-state index in [1.54, 1.807) is 0 Å². The molecule has 0 spiro atoms. The van der Waals surface area contributed by atoms with Crippen molar-refractivity contribution in [3.63, 3.8) is 0 Å². The smallest absolute Gasteiger partial charge is 0.194 e. The van der Waals surface area contributed by atoms with Gasteiger partial charge in [-0.1, -0.05) is 12.1 Å². The minimum Gasteiger partial charge on any atom is -0.379 e. The number of nitrogens with one attached hydrogen (secondary N) is 1. The number of nitrogens with zero attached hydrogens (tertiary/aromatic N) is 3. The van der Waals surface area contributed by atoms with Gasteiger partial charge < -0.3 is 15.0 Å². The molecule has 1 saturated heterocycles. The van der Waals surface area contributed by atoms with Crippen LogP contribution in [0.4, 0.5) is 4.39 Å². The van der Waals surface area contributed by atoms with Crippen LogP contribution in [0.2, 0.25) is 0 Å². The van der Waals surface area contributed by atoms with Crippen LogP contribution in [0.1, 0.15) is 19.4 Å². The van der Waals surface area contributed by atoms with Crippen LogP contribution in [0.25, 0.3) is 0 Å². The Morgan fingerprint density at radius 3 is 2.62 bits per heavy atom.